The van der Waals surface area contributed by atoms with Crippen molar-refractivity contribution in [1.29, 1.82) is 0 Å². The molecule has 0 N–H and O–H groups in total. The molecule has 0 fully saturated rings. The molecule has 82 valence electrons. The summed E-state index contributed by atoms with van der Waals surface area (Å²) in [4.78, 5) is 0. The average molecular weight is 231 g/mol. The summed E-state index contributed by atoms with van der Waals surface area (Å²) < 4.78 is 0. The van der Waals surface area contributed by atoms with Crippen LogP contribution < -0.4 is 0 Å². The quantitative estimate of drug-likeness (QED) is 0.654. The van der Waals surface area contributed by atoms with E-state index in [1.54, 1.807) is 0 Å². The van der Waals surface area contributed by atoms with E-state index in [0.717, 1.165) is 5.56 Å². The van der Waals surface area contributed by atoms with Gasteiger partial charge in [0.1, 0.15) is 0 Å². The number of aryl methyl sites for hydroxylation is 1. The fraction of sp³-hybridized carbons (Fsp3) is 0.0667. The predicted molar refractivity (Wildman–Crippen MR) is 72.5 cm³/mol. The van der Waals surface area contributed by atoms with Crippen molar-refractivity contribution < 1.29 is 0 Å². The molecule has 2 aromatic carbocycles. The summed E-state index contributed by atoms with van der Waals surface area (Å²) in [5.74, 6) is 0. The largest absolute Gasteiger partial charge is 0.0929 e. The minimum absolute atomic E-state index is 1.13. The lowest BCUT2D eigenvalue weighted by atomic mass is 10.2. The summed E-state index contributed by atoms with van der Waals surface area (Å²) >= 11 is 5.36. The van der Waals surface area contributed by atoms with Crippen molar-refractivity contribution >= 4 is 17.7 Å². The van der Waals surface area contributed by atoms with Crippen molar-refractivity contribution in [3.8, 4) is 0 Å². The van der Waals surface area contributed by atoms with E-state index in [9.17, 15) is 0 Å². The molecule has 0 aliphatic heterocycles. The van der Waals surface area contributed by atoms with Crippen LogP contribution in [0.15, 0.2) is 66.2 Å². The topological polar surface area (TPSA) is 0 Å². The molecule has 0 saturated carbocycles. The van der Waals surface area contributed by atoms with Crippen LogP contribution in [-0.2, 0) is 0 Å². The van der Waals surface area contributed by atoms with Crippen LogP contribution in [0.4, 0.5) is 0 Å². The Hall–Kier alpha value is -1.53. The van der Waals surface area contributed by atoms with E-state index in [1.165, 1.54) is 11.1 Å². The number of hydrogen-bond acceptors (Lipinski definition) is 0. The highest BCUT2D eigenvalue weighted by molar-refractivity contribution is 6.27. The summed E-state index contributed by atoms with van der Waals surface area (Å²) in [6.45, 7) is 2.08. The maximum atomic E-state index is 5.36. The lowest BCUT2D eigenvalue weighted by molar-refractivity contribution is 1.48. The Morgan fingerprint density at radius 2 is 1.31 bits per heavy atom. The Balaban J connectivity index is 0.000000165. The zero-order valence-corrected chi connectivity index (χ0v) is 10.1. The maximum Gasteiger partial charge on any atom is 0.00484 e. The molecule has 1 heteroatoms. The molecule has 0 atom stereocenters. The minimum Gasteiger partial charge on any atom is -0.0929 e. The second-order valence-corrected chi connectivity index (χ2v) is 3.61. The molecule has 16 heavy (non-hydrogen) atoms. The van der Waals surface area contributed by atoms with E-state index in [-0.39, 0.29) is 0 Å². The number of halogens is 1. The van der Waals surface area contributed by atoms with Crippen molar-refractivity contribution in [2.45, 2.75) is 6.92 Å². The van der Waals surface area contributed by atoms with Gasteiger partial charge in [0.25, 0.3) is 0 Å². The molecule has 0 bridgehead atoms. The first-order valence-corrected chi connectivity index (χ1v) is 5.60. The molecule has 0 spiro atoms. The van der Waals surface area contributed by atoms with Gasteiger partial charge in [-0.05, 0) is 18.6 Å². The normalized spacial score (nSPS) is 9.62. The summed E-state index contributed by atoms with van der Waals surface area (Å²) in [5.41, 5.74) is 3.96. The van der Waals surface area contributed by atoms with E-state index < -0.39 is 0 Å². The zero-order chi connectivity index (χ0) is 11.6. The Bertz CT molecular complexity index is 404. The summed E-state index contributed by atoms with van der Waals surface area (Å²) in [7, 11) is 0. The number of hydrogen-bond donors (Lipinski definition) is 0. The Kier molecular flexibility index (Phi) is 6.05. The van der Waals surface area contributed by atoms with Crippen LogP contribution in [0.2, 0.25) is 0 Å². The van der Waals surface area contributed by atoms with E-state index in [2.05, 4.69) is 19.1 Å². The Morgan fingerprint density at radius 3 is 1.69 bits per heavy atom. The highest BCUT2D eigenvalue weighted by atomic mass is 35.5. The van der Waals surface area contributed by atoms with Gasteiger partial charge in [-0.2, -0.15) is 0 Å². The smallest absolute Gasteiger partial charge is 0.00484 e. The van der Waals surface area contributed by atoms with Gasteiger partial charge in [-0.1, -0.05) is 77.8 Å². The van der Waals surface area contributed by atoms with E-state index in [4.69, 9.17) is 11.6 Å². The van der Waals surface area contributed by atoms with Crippen LogP contribution in [0.5, 0.6) is 0 Å². The van der Waals surface area contributed by atoms with Gasteiger partial charge in [0.05, 0.1) is 0 Å². The van der Waals surface area contributed by atoms with Gasteiger partial charge in [-0.25, -0.2) is 0 Å². The Morgan fingerprint density at radius 1 is 0.812 bits per heavy atom. The van der Waals surface area contributed by atoms with E-state index >= 15 is 0 Å². The van der Waals surface area contributed by atoms with Crippen LogP contribution in [-0.4, -0.2) is 0 Å². The van der Waals surface area contributed by atoms with Gasteiger partial charge in [0.2, 0.25) is 0 Å². The summed E-state index contributed by atoms with van der Waals surface area (Å²) in [6, 6.07) is 20.2. The molecular formula is C15H15Cl. The lowest BCUT2D eigenvalue weighted by Crippen LogP contribution is -1.64. The van der Waals surface area contributed by atoms with Crippen molar-refractivity contribution in [1.82, 2.24) is 0 Å². The minimum atomic E-state index is 1.13. The first-order chi connectivity index (χ1) is 7.83. The first-order valence-electron chi connectivity index (χ1n) is 5.16. The molecule has 0 heterocycles. The molecular weight excluding hydrogens is 216 g/mol. The maximum absolute atomic E-state index is 5.36. The number of benzene rings is 2. The fourth-order valence-electron chi connectivity index (χ4n) is 1.17. The van der Waals surface area contributed by atoms with E-state index in [0.29, 0.717) is 0 Å². The van der Waals surface area contributed by atoms with Crippen LogP contribution in [0.3, 0.4) is 0 Å². The summed E-state index contributed by atoms with van der Waals surface area (Å²) in [5, 5.41) is 0. The van der Waals surface area contributed by atoms with Gasteiger partial charge in [-0.15, -0.1) is 0 Å². The third kappa shape index (κ3) is 5.38. The van der Waals surface area contributed by atoms with Crippen LogP contribution in [0, 0.1) is 6.92 Å². The molecule has 2 aromatic rings. The molecule has 0 unspecified atom stereocenters. The predicted octanol–water partition coefficient (Wildman–Crippen LogP) is 4.89. The zero-order valence-electron chi connectivity index (χ0n) is 9.31. The third-order valence-electron chi connectivity index (χ3n) is 2.00. The van der Waals surface area contributed by atoms with Gasteiger partial charge in [-0.3, -0.25) is 0 Å². The van der Waals surface area contributed by atoms with Gasteiger partial charge in [0.15, 0.2) is 0 Å². The monoisotopic (exact) mass is 230 g/mol. The van der Waals surface area contributed by atoms with Gasteiger partial charge >= 0.3 is 0 Å². The fourth-order valence-corrected chi connectivity index (χ4v) is 1.32. The van der Waals surface area contributed by atoms with Crippen molar-refractivity contribution in [3.63, 3.8) is 0 Å². The summed E-state index contributed by atoms with van der Waals surface area (Å²) in [6.07, 6.45) is 1.85. The lowest BCUT2D eigenvalue weighted by Gasteiger charge is -1.86. The van der Waals surface area contributed by atoms with Crippen LogP contribution in [0.25, 0.3) is 6.08 Å². The first kappa shape index (κ1) is 12.5. The molecule has 0 radical (unpaired) electrons. The second-order valence-electron chi connectivity index (χ2n) is 3.36. The average Bonchev–Trinajstić information content (AvgIpc) is 2.33. The third-order valence-corrected chi connectivity index (χ3v) is 2.12. The van der Waals surface area contributed by atoms with Crippen molar-refractivity contribution in [2.75, 3.05) is 0 Å². The molecule has 2 rings (SSSR count). The molecule has 0 aliphatic rings. The van der Waals surface area contributed by atoms with E-state index in [1.807, 2.05) is 54.6 Å². The van der Waals surface area contributed by atoms with Gasteiger partial charge in [0, 0.05) is 5.54 Å². The molecule has 0 nitrogen and oxygen atoms in total. The van der Waals surface area contributed by atoms with Gasteiger partial charge < -0.3 is 0 Å². The molecule has 0 amide bonds. The second kappa shape index (κ2) is 7.72. The van der Waals surface area contributed by atoms with Crippen molar-refractivity contribution in [2.24, 2.45) is 0 Å². The molecule has 0 saturated heterocycles. The standard InChI is InChI=1S/C8H7Cl.C7H8/c9-7-6-8-4-2-1-3-5-8;1-7-5-3-2-4-6-7/h1-7H;2-6H,1H3. The SMILES string of the molecule is Cc1ccccc1.ClC=Cc1ccccc1. The highest BCUT2D eigenvalue weighted by Crippen LogP contribution is 2.00. The molecule has 0 aliphatic carbocycles. The van der Waals surface area contributed by atoms with Crippen LogP contribution >= 0.6 is 11.6 Å². The highest BCUT2D eigenvalue weighted by Gasteiger charge is 1.78. The number of rotatable bonds is 1. The molecule has 0 aromatic heterocycles. The van der Waals surface area contributed by atoms with Crippen molar-refractivity contribution in [3.05, 3.63) is 77.3 Å². The van der Waals surface area contributed by atoms with Crippen LogP contribution in [0.1, 0.15) is 11.1 Å². The Labute approximate surface area is 102 Å².